The van der Waals surface area contributed by atoms with E-state index in [4.69, 9.17) is 20.8 Å². The molecule has 43 heavy (non-hydrogen) atoms. The average molecular weight is 636 g/mol. The summed E-state index contributed by atoms with van der Waals surface area (Å²) in [5.74, 6) is 0.680. The predicted molar refractivity (Wildman–Crippen MR) is 180 cm³/mol. The molecule has 1 heterocycles. The van der Waals surface area contributed by atoms with Crippen LogP contribution in [0.25, 0.3) is 23.1 Å². The number of pyridine rings is 1. The number of aliphatic hydroxyl groups is 1. The largest absolute Gasteiger partial charge is 0.386 e. The van der Waals surface area contributed by atoms with Crippen LogP contribution in [0.1, 0.15) is 72.7 Å². The van der Waals surface area contributed by atoms with Crippen molar-refractivity contribution >= 4 is 56.5 Å². The summed E-state index contributed by atoms with van der Waals surface area (Å²) in [5, 5.41) is 12.4. The molecular weight excluding hydrogens is 598 g/mol. The summed E-state index contributed by atoms with van der Waals surface area (Å²) in [4.78, 5) is 4.72. The molecule has 1 aliphatic rings. The van der Waals surface area contributed by atoms with E-state index in [0.29, 0.717) is 17.4 Å². The Balaban J connectivity index is 1.33. The highest BCUT2D eigenvalue weighted by Gasteiger charge is 2.25. The van der Waals surface area contributed by atoms with E-state index in [2.05, 4.69) is 18.2 Å². The summed E-state index contributed by atoms with van der Waals surface area (Å²) in [5.41, 5.74) is 4.81. The number of aryl methyl sites for hydroxylation is 1. The van der Waals surface area contributed by atoms with Gasteiger partial charge in [-0.3, -0.25) is 4.18 Å². The molecule has 5 rings (SSSR count). The van der Waals surface area contributed by atoms with Crippen LogP contribution in [-0.2, 0) is 26.3 Å². The Morgan fingerprint density at radius 1 is 1.05 bits per heavy atom. The summed E-state index contributed by atoms with van der Waals surface area (Å²) < 4.78 is 30.4. The molecule has 3 aromatic carbocycles. The minimum absolute atomic E-state index is 0.0113. The molecule has 0 radical (unpaired) electrons. The van der Waals surface area contributed by atoms with Crippen LogP contribution >= 0.6 is 23.4 Å². The first-order chi connectivity index (χ1) is 20.6. The van der Waals surface area contributed by atoms with Crippen molar-refractivity contribution in [1.82, 2.24) is 4.98 Å². The van der Waals surface area contributed by atoms with Gasteiger partial charge >= 0.3 is 0 Å². The normalized spacial score (nSPS) is 14.9. The van der Waals surface area contributed by atoms with Crippen LogP contribution in [0, 0.1) is 5.92 Å². The minimum Gasteiger partial charge on any atom is -0.386 e. The predicted octanol–water partition coefficient (Wildman–Crippen LogP) is 8.80. The first kappa shape index (κ1) is 31.7. The van der Waals surface area contributed by atoms with Gasteiger partial charge in [-0.2, -0.15) is 8.42 Å². The minimum atomic E-state index is -3.55. The number of hydrogen-bond donors (Lipinski definition) is 1. The maximum absolute atomic E-state index is 12.5. The smallest absolute Gasteiger partial charge is 0.268 e. The second-order valence-corrected chi connectivity index (χ2v) is 15.1. The van der Waals surface area contributed by atoms with Crippen LogP contribution in [0.15, 0.2) is 78.9 Å². The molecule has 1 unspecified atom stereocenters. The SMILES string of the molecule is CC(C)(O)c1ccccc1CCC(SCOS(=O)(=O)CCC1CC1)c1cccc(C=Cc2ccc3ccc(Cl)cc3n2)c1. The molecule has 1 N–H and O–H groups in total. The highest BCUT2D eigenvalue weighted by Crippen LogP contribution is 2.36. The maximum atomic E-state index is 12.5. The van der Waals surface area contributed by atoms with E-state index in [1.54, 1.807) is 13.8 Å². The summed E-state index contributed by atoms with van der Waals surface area (Å²) in [7, 11) is -3.55. The van der Waals surface area contributed by atoms with Crippen molar-refractivity contribution in [1.29, 1.82) is 0 Å². The number of aromatic nitrogens is 1. The molecule has 0 aliphatic heterocycles. The number of halogens is 1. The van der Waals surface area contributed by atoms with Gasteiger partial charge in [-0.1, -0.05) is 91.2 Å². The topological polar surface area (TPSA) is 76.5 Å². The molecule has 8 heteroatoms. The third-order valence-corrected chi connectivity index (χ3v) is 10.5. The first-order valence-corrected chi connectivity index (χ1v) is 17.7. The Morgan fingerprint density at radius 2 is 1.84 bits per heavy atom. The van der Waals surface area contributed by atoms with E-state index in [9.17, 15) is 13.5 Å². The molecule has 0 saturated heterocycles. The highest BCUT2D eigenvalue weighted by molar-refractivity contribution is 7.99. The average Bonchev–Trinajstić information content (AvgIpc) is 3.81. The van der Waals surface area contributed by atoms with Crippen LogP contribution in [0.3, 0.4) is 0 Å². The summed E-state index contributed by atoms with van der Waals surface area (Å²) in [6.45, 7) is 3.60. The van der Waals surface area contributed by atoms with Gasteiger partial charge in [0.1, 0.15) is 5.94 Å². The van der Waals surface area contributed by atoms with Crippen molar-refractivity contribution in [3.63, 3.8) is 0 Å². The van der Waals surface area contributed by atoms with Gasteiger partial charge in [0.25, 0.3) is 10.1 Å². The lowest BCUT2D eigenvalue weighted by Gasteiger charge is -2.23. The molecule has 1 aromatic heterocycles. The van der Waals surface area contributed by atoms with Crippen LogP contribution in [0.4, 0.5) is 0 Å². The third kappa shape index (κ3) is 9.40. The number of hydrogen-bond acceptors (Lipinski definition) is 6. The maximum Gasteiger partial charge on any atom is 0.268 e. The van der Waals surface area contributed by atoms with Crippen molar-refractivity contribution in [2.24, 2.45) is 5.92 Å². The Bertz CT molecular complexity index is 1690. The van der Waals surface area contributed by atoms with Gasteiger partial charge in [0.2, 0.25) is 0 Å². The van der Waals surface area contributed by atoms with Gasteiger partial charge in [-0.25, -0.2) is 4.98 Å². The molecule has 226 valence electrons. The molecule has 0 bridgehead atoms. The Hall–Kier alpha value is -2.68. The Kier molecular flexibility index (Phi) is 10.3. The van der Waals surface area contributed by atoms with Gasteiger partial charge in [0, 0.05) is 15.7 Å². The van der Waals surface area contributed by atoms with Gasteiger partial charge < -0.3 is 5.11 Å². The van der Waals surface area contributed by atoms with Gasteiger partial charge in [0.15, 0.2) is 0 Å². The van der Waals surface area contributed by atoms with E-state index >= 15 is 0 Å². The first-order valence-electron chi connectivity index (χ1n) is 14.7. The zero-order valence-electron chi connectivity index (χ0n) is 24.6. The number of thioether (sulfide) groups is 1. The second kappa shape index (κ2) is 14.0. The van der Waals surface area contributed by atoms with E-state index in [1.165, 1.54) is 11.8 Å². The zero-order chi connectivity index (χ0) is 30.5. The summed E-state index contributed by atoms with van der Waals surface area (Å²) in [6.07, 6.45) is 8.42. The standard InChI is InChI=1S/C35H38ClNO4S2/c1-35(2,38)32-9-4-3-7-27(32)15-19-34(42-24-41-43(39,40)21-20-25-10-11-25)29-8-5-6-26(22-29)12-17-31-18-14-28-13-16-30(36)23-33(28)37-31/h3-9,12-14,16-18,22-23,25,34,38H,10-11,15,19-21,24H2,1-2H3. The highest BCUT2D eigenvalue weighted by atomic mass is 35.5. The molecule has 1 saturated carbocycles. The van der Waals surface area contributed by atoms with Crippen molar-refractivity contribution in [2.45, 2.75) is 56.8 Å². The number of nitrogens with zero attached hydrogens (tertiary/aromatic N) is 1. The molecule has 4 aromatic rings. The Labute approximate surface area is 264 Å². The quantitative estimate of drug-likeness (QED) is 0.110. The van der Waals surface area contributed by atoms with E-state index in [0.717, 1.165) is 64.5 Å². The molecular formula is C35H38ClNO4S2. The summed E-state index contributed by atoms with van der Waals surface area (Å²) >= 11 is 7.66. The van der Waals surface area contributed by atoms with E-state index < -0.39 is 15.7 Å². The fourth-order valence-corrected chi connectivity index (χ4v) is 7.67. The number of benzene rings is 3. The third-order valence-electron chi connectivity index (χ3n) is 7.73. The van der Waals surface area contributed by atoms with Crippen molar-refractivity contribution in [3.05, 3.63) is 112 Å². The van der Waals surface area contributed by atoms with Crippen molar-refractivity contribution in [3.8, 4) is 0 Å². The van der Waals surface area contributed by atoms with Gasteiger partial charge in [-0.05, 0) is 85.6 Å². The van der Waals surface area contributed by atoms with Crippen LogP contribution in [0.5, 0.6) is 0 Å². The fourth-order valence-electron chi connectivity index (χ4n) is 5.17. The van der Waals surface area contributed by atoms with Crippen LogP contribution in [0.2, 0.25) is 5.02 Å². The summed E-state index contributed by atoms with van der Waals surface area (Å²) in [6, 6.07) is 25.9. The van der Waals surface area contributed by atoms with E-state index in [-0.39, 0.29) is 16.9 Å². The molecule has 1 fully saturated rings. The lowest BCUT2D eigenvalue weighted by Crippen LogP contribution is -2.18. The van der Waals surface area contributed by atoms with Crippen molar-refractivity contribution < 1.29 is 17.7 Å². The number of fused-ring (bicyclic) bond motifs is 1. The van der Waals surface area contributed by atoms with Gasteiger partial charge in [0.05, 0.1) is 22.6 Å². The lowest BCUT2D eigenvalue weighted by atomic mass is 9.90. The second-order valence-electron chi connectivity index (χ2n) is 11.7. The van der Waals surface area contributed by atoms with Gasteiger partial charge in [-0.15, -0.1) is 11.8 Å². The molecule has 5 nitrogen and oxygen atoms in total. The van der Waals surface area contributed by atoms with Crippen molar-refractivity contribution in [2.75, 3.05) is 11.7 Å². The zero-order valence-corrected chi connectivity index (χ0v) is 27.0. The molecule has 1 atom stereocenters. The van der Waals surface area contributed by atoms with E-state index in [1.807, 2.05) is 72.8 Å². The van der Waals surface area contributed by atoms with Crippen LogP contribution in [-0.4, -0.2) is 30.2 Å². The molecule has 0 amide bonds. The van der Waals surface area contributed by atoms with Crippen LogP contribution < -0.4 is 0 Å². The lowest BCUT2D eigenvalue weighted by molar-refractivity contribution is 0.0776. The molecule has 0 spiro atoms. The fraction of sp³-hybridized carbons (Fsp3) is 0.343. The monoisotopic (exact) mass is 635 g/mol. The molecule has 1 aliphatic carbocycles. The Morgan fingerprint density at radius 3 is 2.63 bits per heavy atom. The number of rotatable bonds is 14.